The molecule has 0 saturated carbocycles. The van der Waals surface area contributed by atoms with E-state index >= 15 is 0 Å². The number of benzene rings is 4. The van der Waals surface area contributed by atoms with Crippen LogP contribution in [0.4, 0.5) is 0 Å². The van der Waals surface area contributed by atoms with Crippen LogP contribution >= 0.6 is 0 Å². The molecule has 2 atom stereocenters. The molecule has 276 valence electrons. The van der Waals surface area contributed by atoms with Crippen molar-refractivity contribution in [3.05, 3.63) is 143 Å². The predicted octanol–water partition coefficient (Wildman–Crippen LogP) is 3.51. The second-order valence-corrected chi connectivity index (χ2v) is 13.3. The van der Waals surface area contributed by atoms with Gasteiger partial charge in [0, 0.05) is 39.0 Å². The van der Waals surface area contributed by atoms with E-state index in [9.17, 15) is 28.8 Å². The Morgan fingerprint density at radius 3 is 1.02 bits per heavy atom. The zero-order valence-electron chi connectivity index (χ0n) is 29.7. The lowest BCUT2D eigenvalue weighted by molar-refractivity contribution is -0.139. The molecule has 3 heterocycles. The molecule has 0 spiro atoms. The van der Waals surface area contributed by atoms with E-state index in [1.807, 2.05) is 60.7 Å². The van der Waals surface area contributed by atoms with E-state index in [1.165, 1.54) is 0 Å². The van der Waals surface area contributed by atoms with Gasteiger partial charge in [0.25, 0.3) is 23.6 Å². The Morgan fingerprint density at radius 2 is 0.722 bits per heavy atom. The van der Waals surface area contributed by atoms with Crippen LogP contribution in [0.2, 0.25) is 0 Å². The van der Waals surface area contributed by atoms with Crippen molar-refractivity contribution in [2.24, 2.45) is 0 Å². The molecule has 1 fully saturated rings. The fraction of sp³-hybridized carbons (Fsp3) is 0.286. The standard InChI is InChI=1S/C42H40N4O8/c47-37-31-15-7-8-16-32(31)38(48)45(37)35(27-29-11-3-1-4-12-29)41(51)43-19-23-53-25-21-44(22-26-54-24-20-43)42(52)36(28-30-13-5-2-6-14-30)46-39(49)33-17-9-10-18-34(33)40(46)50/h1-18,35-36H,19-28H2/t35-,36-/m0/s1. The summed E-state index contributed by atoms with van der Waals surface area (Å²) in [5.41, 5.74) is 2.66. The fourth-order valence-corrected chi connectivity index (χ4v) is 7.22. The molecule has 4 aromatic carbocycles. The number of rotatable bonds is 8. The highest BCUT2D eigenvalue weighted by Gasteiger charge is 2.45. The summed E-state index contributed by atoms with van der Waals surface area (Å²) < 4.78 is 12.0. The van der Waals surface area contributed by atoms with Gasteiger partial charge in [-0.05, 0) is 35.4 Å². The molecule has 54 heavy (non-hydrogen) atoms. The van der Waals surface area contributed by atoms with E-state index in [0.717, 1.165) is 20.9 Å². The number of amides is 6. The molecule has 0 bridgehead atoms. The molecule has 0 unspecified atom stereocenters. The van der Waals surface area contributed by atoms with Crippen molar-refractivity contribution in [3.63, 3.8) is 0 Å². The van der Waals surface area contributed by atoms with Crippen LogP contribution in [0.5, 0.6) is 0 Å². The smallest absolute Gasteiger partial charge is 0.262 e. The van der Waals surface area contributed by atoms with Crippen molar-refractivity contribution in [3.8, 4) is 0 Å². The van der Waals surface area contributed by atoms with Gasteiger partial charge in [0.15, 0.2) is 0 Å². The third kappa shape index (κ3) is 7.43. The Balaban J connectivity index is 1.05. The van der Waals surface area contributed by atoms with Crippen LogP contribution in [0.25, 0.3) is 0 Å². The van der Waals surface area contributed by atoms with Crippen LogP contribution in [-0.2, 0) is 31.9 Å². The summed E-state index contributed by atoms with van der Waals surface area (Å²) in [5.74, 6) is -2.85. The largest absolute Gasteiger partial charge is 0.378 e. The summed E-state index contributed by atoms with van der Waals surface area (Å²) in [7, 11) is 0. The van der Waals surface area contributed by atoms with Gasteiger partial charge in [-0.2, -0.15) is 0 Å². The Kier molecular flexibility index (Phi) is 11.0. The SMILES string of the molecule is O=C([C@H](Cc1ccccc1)N1C(=O)c2ccccc2C1=O)N1CCOCCN(C(=O)[C@H](Cc2ccccc2)N2C(=O)c3ccccc3C2=O)CCOCC1. The molecule has 3 aliphatic rings. The van der Waals surface area contributed by atoms with Crippen LogP contribution in [-0.4, -0.2) is 120 Å². The average Bonchev–Trinajstić information content (AvgIpc) is 3.60. The molecule has 1 saturated heterocycles. The third-order valence-electron chi connectivity index (χ3n) is 10.0. The number of carbonyl (C=O) groups excluding carboxylic acids is 6. The minimum absolute atomic E-state index is 0.111. The number of hydrogen-bond donors (Lipinski definition) is 0. The van der Waals surface area contributed by atoms with Gasteiger partial charge in [0.05, 0.1) is 48.7 Å². The van der Waals surface area contributed by atoms with Gasteiger partial charge in [-0.1, -0.05) is 84.9 Å². The van der Waals surface area contributed by atoms with Crippen molar-refractivity contribution in [2.45, 2.75) is 24.9 Å². The normalized spacial score (nSPS) is 17.8. The maximum Gasteiger partial charge on any atom is 0.262 e. The average molecular weight is 729 g/mol. The monoisotopic (exact) mass is 728 g/mol. The number of carbonyl (C=O) groups is 6. The van der Waals surface area contributed by atoms with Crippen molar-refractivity contribution in [1.29, 1.82) is 0 Å². The van der Waals surface area contributed by atoms with E-state index in [0.29, 0.717) is 0 Å². The van der Waals surface area contributed by atoms with Crippen LogP contribution in [0.1, 0.15) is 52.6 Å². The Hall–Kier alpha value is -5.98. The molecule has 12 nitrogen and oxygen atoms in total. The van der Waals surface area contributed by atoms with Crippen LogP contribution in [0.3, 0.4) is 0 Å². The first-order valence-corrected chi connectivity index (χ1v) is 18.1. The molecule has 3 aliphatic heterocycles. The molecular weight excluding hydrogens is 688 g/mol. The van der Waals surface area contributed by atoms with Gasteiger partial charge < -0.3 is 19.3 Å². The van der Waals surface area contributed by atoms with Gasteiger partial charge in [-0.3, -0.25) is 38.6 Å². The van der Waals surface area contributed by atoms with Gasteiger partial charge in [0.1, 0.15) is 12.1 Å². The quantitative estimate of drug-likeness (QED) is 0.252. The second kappa shape index (κ2) is 16.4. The molecule has 0 aromatic heterocycles. The van der Waals surface area contributed by atoms with Crippen LogP contribution in [0, 0.1) is 0 Å². The highest BCUT2D eigenvalue weighted by molar-refractivity contribution is 6.23. The zero-order chi connectivity index (χ0) is 37.6. The minimum Gasteiger partial charge on any atom is -0.378 e. The zero-order valence-corrected chi connectivity index (χ0v) is 29.7. The number of ether oxygens (including phenoxy) is 2. The highest BCUT2D eigenvalue weighted by Crippen LogP contribution is 2.28. The van der Waals surface area contributed by atoms with E-state index in [2.05, 4.69) is 0 Å². The van der Waals surface area contributed by atoms with E-state index < -0.39 is 47.5 Å². The second-order valence-electron chi connectivity index (χ2n) is 13.3. The molecular formula is C42H40N4O8. The molecule has 4 aromatic rings. The van der Waals surface area contributed by atoms with E-state index in [-0.39, 0.29) is 87.7 Å². The fourth-order valence-electron chi connectivity index (χ4n) is 7.22. The Labute approximate surface area is 312 Å². The summed E-state index contributed by atoms with van der Waals surface area (Å²) in [6.07, 6.45) is 0.273. The molecule has 0 radical (unpaired) electrons. The molecule has 7 rings (SSSR count). The van der Waals surface area contributed by atoms with Crippen molar-refractivity contribution < 1.29 is 38.2 Å². The van der Waals surface area contributed by atoms with E-state index in [4.69, 9.17) is 9.47 Å². The minimum atomic E-state index is -1.09. The lowest BCUT2D eigenvalue weighted by Crippen LogP contribution is -2.54. The summed E-state index contributed by atoms with van der Waals surface area (Å²) in [5, 5.41) is 0. The summed E-state index contributed by atoms with van der Waals surface area (Å²) >= 11 is 0. The van der Waals surface area contributed by atoms with Crippen molar-refractivity contribution in [2.75, 3.05) is 52.6 Å². The Morgan fingerprint density at radius 1 is 0.444 bits per heavy atom. The number of imide groups is 2. The van der Waals surface area contributed by atoms with Gasteiger partial charge in [0.2, 0.25) is 11.8 Å². The van der Waals surface area contributed by atoms with Gasteiger partial charge in [-0.25, -0.2) is 0 Å². The predicted molar refractivity (Wildman–Crippen MR) is 197 cm³/mol. The molecule has 0 aliphatic carbocycles. The molecule has 0 N–H and O–H groups in total. The van der Waals surface area contributed by atoms with Gasteiger partial charge in [-0.15, -0.1) is 0 Å². The van der Waals surface area contributed by atoms with Crippen molar-refractivity contribution in [1.82, 2.24) is 19.6 Å². The number of fused-ring (bicyclic) bond motifs is 2. The molecule has 6 amide bonds. The molecule has 12 heteroatoms. The van der Waals surface area contributed by atoms with Crippen molar-refractivity contribution >= 4 is 35.4 Å². The van der Waals surface area contributed by atoms with E-state index in [1.54, 1.807) is 58.3 Å². The maximum atomic E-state index is 14.3. The summed E-state index contributed by atoms with van der Waals surface area (Å²) in [6.45, 7) is 1.04. The number of hydrogen-bond acceptors (Lipinski definition) is 8. The maximum absolute atomic E-state index is 14.3. The van der Waals surface area contributed by atoms with Crippen LogP contribution < -0.4 is 0 Å². The Bertz CT molecular complexity index is 1830. The first-order chi connectivity index (χ1) is 26.3. The summed E-state index contributed by atoms with van der Waals surface area (Å²) in [4.78, 5) is 88.2. The third-order valence-corrected chi connectivity index (χ3v) is 10.0. The lowest BCUT2D eigenvalue weighted by atomic mass is 10.0. The van der Waals surface area contributed by atoms with Gasteiger partial charge >= 0.3 is 0 Å². The first kappa shape index (κ1) is 36.4. The van der Waals surface area contributed by atoms with Crippen LogP contribution in [0.15, 0.2) is 109 Å². The first-order valence-electron chi connectivity index (χ1n) is 18.1. The highest BCUT2D eigenvalue weighted by atomic mass is 16.5. The number of nitrogens with zero attached hydrogens (tertiary/aromatic N) is 4. The summed E-state index contributed by atoms with van der Waals surface area (Å²) in [6, 6.07) is 29.4. The lowest BCUT2D eigenvalue weighted by Gasteiger charge is -2.33. The topological polar surface area (TPSA) is 134 Å².